The van der Waals surface area contributed by atoms with E-state index in [4.69, 9.17) is 28.5 Å². The van der Waals surface area contributed by atoms with Crippen molar-refractivity contribution in [3.8, 4) is 17.7 Å². The lowest BCUT2D eigenvalue weighted by Gasteiger charge is -2.17. The largest absolute Gasteiger partial charge is 0.503 e. The van der Waals surface area contributed by atoms with Gasteiger partial charge in [-0.3, -0.25) is 4.79 Å². The smallest absolute Gasteiger partial charge is 0.259 e. The lowest BCUT2D eigenvalue weighted by atomic mass is 10.2. The van der Waals surface area contributed by atoms with Crippen LogP contribution in [0.2, 0.25) is 10.0 Å². The third-order valence-electron chi connectivity index (χ3n) is 3.47. The number of nitrogens with zero attached hydrogens (tertiary/aromatic N) is 3. The maximum absolute atomic E-state index is 12.5. The number of rotatable bonds is 5. The molecule has 2 aromatic rings. The summed E-state index contributed by atoms with van der Waals surface area (Å²) in [4.78, 5) is 13.9. The van der Waals surface area contributed by atoms with Gasteiger partial charge in [-0.15, -0.1) is 0 Å². The Balaban J connectivity index is 2.18. The van der Waals surface area contributed by atoms with Crippen molar-refractivity contribution in [1.29, 1.82) is 5.26 Å². The molecule has 1 aromatic heterocycles. The second-order valence-corrected chi connectivity index (χ2v) is 6.04. The van der Waals surface area contributed by atoms with Crippen molar-refractivity contribution in [3.05, 3.63) is 45.6 Å². The minimum atomic E-state index is -0.501. The number of aromatic nitrogens is 1. The number of nitriles is 1. The molecular weight excluding hydrogens is 353 g/mol. The van der Waals surface area contributed by atoms with E-state index in [-0.39, 0.29) is 25.1 Å². The highest BCUT2D eigenvalue weighted by atomic mass is 35.5. The monoisotopic (exact) mass is 367 g/mol. The highest BCUT2D eigenvalue weighted by Gasteiger charge is 2.23. The molecular formula is C16H15Cl2N3O3. The van der Waals surface area contributed by atoms with E-state index in [1.54, 1.807) is 25.2 Å². The van der Waals surface area contributed by atoms with Crippen LogP contribution in [0.3, 0.4) is 0 Å². The molecule has 1 heterocycles. The first-order valence-electron chi connectivity index (χ1n) is 7.02. The maximum Gasteiger partial charge on any atom is 0.259 e. The van der Waals surface area contributed by atoms with Crippen LogP contribution < -0.4 is 0 Å². The summed E-state index contributed by atoms with van der Waals surface area (Å²) in [6.07, 6.45) is 1.48. The minimum Gasteiger partial charge on any atom is -0.503 e. The Morgan fingerprint density at radius 1 is 1.33 bits per heavy atom. The van der Waals surface area contributed by atoms with Gasteiger partial charge in [0.15, 0.2) is 5.75 Å². The molecule has 6 nitrogen and oxygen atoms in total. The van der Waals surface area contributed by atoms with Crippen molar-refractivity contribution < 1.29 is 15.0 Å². The van der Waals surface area contributed by atoms with Crippen LogP contribution in [0.5, 0.6) is 11.6 Å². The van der Waals surface area contributed by atoms with Gasteiger partial charge in [0.1, 0.15) is 5.56 Å². The third-order valence-corrected chi connectivity index (χ3v) is 4.21. The maximum atomic E-state index is 12.5. The molecule has 24 heavy (non-hydrogen) atoms. The SMILES string of the molecule is CN(Cc1ccc(Cl)c(Cl)c1)C(=O)c1cn(CCC#N)c(O)c1O. The van der Waals surface area contributed by atoms with Gasteiger partial charge in [0.25, 0.3) is 5.91 Å². The Hall–Kier alpha value is -2.36. The molecule has 0 spiro atoms. The molecule has 8 heteroatoms. The van der Waals surface area contributed by atoms with Gasteiger partial charge >= 0.3 is 0 Å². The Kier molecular flexibility index (Phi) is 5.60. The predicted octanol–water partition coefficient (Wildman–Crippen LogP) is 3.39. The summed E-state index contributed by atoms with van der Waals surface area (Å²) in [7, 11) is 1.56. The Bertz CT molecular complexity index is 812. The topological polar surface area (TPSA) is 89.5 Å². The van der Waals surface area contributed by atoms with Crippen LogP contribution in [0, 0.1) is 11.3 Å². The molecule has 0 aliphatic carbocycles. The summed E-state index contributed by atoms with van der Waals surface area (Å²) in [6, 6.07) is 6.97. The zero-order valence-electron chi connectivity index (χ0n) is 12.8. The lowest BCUT2D eigenvalue weighted by molar-refractivity contribution is 0.0782. The van der Waals surface area contributed by atoms with Crippen LogP contribution in [0.15, 0.2) is 24.4 Å². The number of hydrogen-bond acceptors (Lipinski definition) is 4. The van der Waals surface area contributed by atoms with E-state index >= 15 is 0 Å². The van der Waals surface area contributed by atoms with Crippen molar-refractivity contribution in [3.63, 3.8) is 0 Å². The van der Waals surface area contributed by atoms with Gasteiger partial charge in [0, 0.05) is 26.3 Å². The van der Waals surface area contributed by atoms with E-state index in [0.29, 0.717) is 10.0 Å². The molecule has 2 rings (SSSR count). The standard InChI is InChI=1S/C16H15Cl2N3O3/c1-20(8-10-3-4-12(17)13(18)7-10)15(23)11-9-21(6-2-5-19)16(24)14(11)22/h3-4,7,9,22,24H,2,6,8H2,1H3. The molecule has 0 aliphatic heterocycles. The van der Waals surface area contributed by atoms with E-state index in [1.165, 1.54) is 15.7 Å². The number of carbonyl (C=O) groups is 1. The van der Waals surface area contributed by atoms with Gasteiger partial charge in [0.2, 0.25) is 5.88 Å². The van der Waals surface area contributed by atoms with E-state index in [2.05, 4.69) is 0 Å². The fraction of sp³-hybridized carbons (Fsp3) is 0.250. The van der Waals surface area contributed by atoms with Crippen LogP contribution in [-0.2, 0) is 13.1 Å². The Morgan fingerprint density at radius 3 is 2.67 bits per heavy atom. The number of hydrogen-bond donors (Lipinski definition) is 2. The van der Waals surface area contributed by atoms with Crippen LogP contribution in [0.4, 0.5) is 0 Å². The third kappa shape index (κ3) is 3.75. The average Bonchev–Trinajstić information content (AvgIpc) is 2.83. The second-order valence-electron chi connectivity index (χ2n) is 5.23. The molecule has 0 saturated heterocycles. The molecule has 0 unspecified atom stereocenters. The molecule has 0 aliphatic rings. The molecule has 1 amide bonds. The number of benzene rings is 1. The normalized spacial score (nSPS) is 10.4. The summed E-state index contributed by atoms with van der Waals surface area (Å²) in [5.74, 6) is -1.40. The Labute approximate surface area is 149 Å². The fourth-order valence-electron chi connectivity index (χ4n) is 2.22. The first kappa shape index (κ1) is 18.0. The molecule has 0 radical (unpaired) electrons. The molecule has 1 aromatic carbocycles. The van der Waals surface area contributed by atoms with Crippen LogP contribution in [-0.4, -0.2) is 32.6 Å². The van der Waals surface area contributed by atoms with Crippen LogP contribution in [0.25, 0.3) is 0 Å². The fourth-order valence-corrected chi connectivity index (χ4v) is 2.54. The molecule has 126 valence electrons. The number of aromatic hydroxyl groups is 2. The van der Waals surface area contributed by atoms with Gasteiger partial charge < -0.3 is 19.7 Å². The highest BCUT2D eigenvalue weighted by Crippen LogP contribution is 2.32. The van der Waals surface area contributed by atoms with Gasteiger partial charge in [-0.25, -0.2) is 0 Å². The summed E-state index contributed by atoms with van der Waals surface area (Å²) in [5.41, 5.74) is 0.737. The molecule has 0 fully saturated rings. The minimum absolute atomic E-state index is 0.0343. The van der Waals surface area contributed by atoms with Crippen LogP contribution >= 0.6 is 23.2 Å². The van der Waals surface area contributed by atoms with E-state index in [0.717, 1.165) is 5.56 Å². The van der Waals surface area contributed by atoms with Crippen molar-refractivity contribution in [1.82, 2.24) is 9.47 Å². The molecule has 0 bridgehead atoms. The summed E-state index contributed by atoms with van der Waals surface area (Å²) in [6.45, 7) is 0.430. The summed E-state index contributed by atoms with van der Waals surface area (Å²) < 4.78 is 1.26. The number of aryl methyl sites for hydroxylation is 1. The van der Waals surface area contributed by atoms with Crippen molar-refractivity contribution in [2.45, 2.75) is 19.5 Å². The highest BCUT2D eigenvalue weighted by molar-refractivity contribution is 6.42. The van der Waals surface area contributed by atoms with Gasteiger partial charge in [-0.05, 0) is 17.7 Å². The van der Waals surface area contributed by atoms with Gasteiger partial charge in [0.05, 0.1) is 22.5 Å². The van der Waals surface area contributed by atoms with E-state index in [9.17, 15) is 15.0 Å². The summed E-state index contributed by atoms with van der Waals surface area (Å²) >= 11 is 11.8. The zero-order valence-corrected chi connectivity index (χ0v) is 14.3. The number of carbonyl (C=O) groups excluding carboxylic acids is 1. The van der Waals surface area contributed by atoms with Crippen molar-refractivity contribution in [2.75, 3.05) is 7.05 Å². The van der Waals surface area contributed by atoms with Gasteiger partial charge in [-0.2, -0.15) is 5.26 Å². The first-order valence-corrected chi connectivity index (χ1v) is 7.78. The van der Waals surface area contributed by atoms with Crippen molar-refractivity contribution >= 4 is 29.1 Å². The summed E-state index contributed by atoms with van der Waals surface area (Å²) in [5, 5.41) is 29.2. The van der Waals surface area contributed by atoms with Crippen molar-refractivity contribution in [2.24, 2.45) is 0 Å². The average molecular weight is 368 g/mol. The molecule has 0 saturated carbocycles. The lowest BCUT2D eigenvalue weighted by Crippen LogP contribution is -2.26. The second kappa shape index (κ2) is 7.47. The quantitative estimate of drug-likeness (QED) is 0.847. The molecule has 2 N–H and O–H groups in total. The number of halogens is 2. The Morgan fingerprint density at radius 2 is 2.04 bits per heavy atom. The van der Waals surface area contributed by atoms with Crippen LogP contribution in [0.1, 0.15) is 22.3 Å². The van der Waals surface area contributed by atoms with E-state index < -0.39 is 17.5 Å². The predicted molar refractivity (Wildman–Crippen MR) is 90.3 cm³/mol. The molecule has 0 atom stereocenters. The first-order chi connectivity index (χ1) is 11.3. The number of amides is 1. The van der Waals surface area contributed by atoms with Gasteiger partial charge in [-0.1, -0.05) is 29.3 Å². The van der Waals surface area contributed by atoms with E-state index in [1.807, 2.05) is 6.07 Å². The zero-order chi connectivity index (χ0) is 17.9.